The van der Waals surface area contributed by atoms with Crippen LogP contribution in [0.4, 0.5) is 0 Å². The first-order chi connectivity index (χ1) is 6.63. The van der Waals surface area contributed by atoms with Crippen LogP contribution in [0.1, 0.15) is 24.6 Å². The summed E-state index contributed by atoms with van der Waals surface area (Å²) in [6.45, 7) is 4.05. The fourth-order valence-corrected chi connectivity index (χ4v) is 1.91. The number of amidine groups is 1. The fourth-order valence-electron chi connectivity index (χ4n) is 1.07. The minimum atomic E-state index is 0.105. The molecule has 0 radical (unpaired) electrons. The molecule has 1 heterocycles. The van der Waals surface area contributed by atoms with Gasteiger partial charge in [-0.05, 0) is 31.2 Å². The summed E-state index contributed by atoms with van der Waals surface area (Å²) in [5.41, 5.74) is 7.10. The summed E-state index contributed by atoms with van der Waals surface area (Å²) >= 11 is 1.70. The van der Waals surface area contributed by atoms with Crippen LogP contribution in [-0.4, -0.2) is 16.6 Å². The molecule has 0 amide bonds. The second kappa shape index (κ2) is 5.00. The number of nitrogen functional groups attached to an aromatic ring is 1. The van der Waals surface area contributed by atoms with Crippen LogP contribution in [-0.2, 0) is 0 Å². The third-order valence-corrected chi connectivity index (χ3v) is 2.81. The zero-order valence-corrected chi connectivity index (χ0v) is 9.32. The Kier molecular flexibility index (Phi) is 3.95. The Labute approximate surface area is 88.6 Å². The van der Waals surface area contributed by atoms with Gasteiger partial charge in [-0.3, -0.25) is 5.41 Å². The summed E-state index contributed by atoms with van der Waals surface area (Å²) in [6.07, 6.45) is 1.12. The number of rotatable bonds is 4. The largest absolute Gasteiger partial charge is 0.384 e. The molecule has 0 saturated heterocycles. The molecule has 0 aliphatic heterocycles. The van der Waals surface area contributed by atoms with Gasteiger partial charge >= 0.3 is 0 Å². The van der Waals surface area contributed by atoms with Gasteiger partial charge in [0.05, 0.1) is 5.03 Å². The number of aromatic nitrogens is 1. The van der Waals surface area contributed by atoms with Gasteiger partial charge in [-0.2, -0.15) is 0 Å². The van der Waals surface area contributed by atoms with Gasteiger partial charge in [0, 0.05) is 11.3 Å². The molecule has 0 aromatic carbocycles. The molecule has 4 heteroatoms. The molecule has 0 atom stereocenters. The molecule has 1 rings (SSSR count). The third kappa shape index (κ3) is 3.03. The lowest BCUT2D eigenvalue weighted by atomic mass is 10.2. The quantitative estimate of drug-likeness (QED) is 0.454. The molecule has 14 heavy (non-hydrogen) atoms. The lowest BCUT2D eigenvalue weighted by Crippen LogP contribution is -2.11. The zero-order valence-electron chi connectivity index (χ0n) is 8.50. The molecule has 0 aliphatic rings. The number of nitrogens with one attached hydrogen (secondary N) is 1. The summed E-state index contributed by atoms with van der Waals surface area (Å²) in [6, 6.07) is 3.70. The predicted octanol–water partition coefficient (Wildman–Crippen LogP) is 2.18. The molecule has 1 aromatic rings. The van der Waals surface area contributed by atoms with Crippen molar-refractivity contribution in [2.24, 2.45) is 5.73 Å². The highest BCUT2D eigenvalue weighted by Crippen LogP contribution is 2.18. The van der Waals surface area contributed by atoms with Crippen LogP contribution in [0, 0.1) is 12.3 Å². The molecule has 1 aromatic heterocycles. The average Bonchev–Trinajstić information content (AvgIpc) is 2.14. The monoisotopic (exact) mass is 209 g/mol. The van der Waals surface area contributed by atoms with E-state index in [9.17, 15) is 0 Å². The van der Waals surface area contributed by atoms with Crippen molar-refractivity contribution in [3.63, 3.8) is 0 Å². The number of thioether (sulfide) groups is 1. The Morgan fingerprint density at radius 2 is 2.29 bits per heavy atom. The standard InChI is InChI=1S/C10H15N3S/c1-3-4-14-9-6-8(10(11)12)5-7(2)13-9/h5-6H,3-4H2,1-2H3,(H3,11,12). The summed E-state index contributed by atoms with van der Waals surface area (Å²) in [5, 5.41) is 8.30. The SMILES string of the molecule is CCCSc1cc(C(=N)N)cc(C)n1. The van der Waals surface area contributed by atoms with E-state index in [1.165, 1.54) is 0 Å². The van der Waals surface area contributed by atoms with Crippen LogP contribution in [0.15, 0.2) is 17.2 Å². The second-order valence-corrected chi connectivity index (χ2v) is 4.21. The Balaban J connectivity index is 2.89. The lowest BCUT2D eigenvalue weighted by Gasteiger charge is -2.04. The molecule has 3 nitrogen and oxygen atoms in total. The first kappa shape index (κ1) is 11.0. The number of aryl methyl sites for hydroxylation is 1. The highest BCUT2D eigenvalue weighted by atomic mass is 32.2. The Hall–Kier alpha value is -1.03. The molecular formula is C10H15N3S. The number of hydrogen-bond acceptors (Lipinski definition) is 3. The van der Waals surface area contributed by atoms with Crippen molar-refractivity contribution >= 4 is 17.6 Å². The zero-order chi connectivity index (χ0) is 10.6. The van der Waals surface area contributed by atoms with E-state index in [1.807, 2.05) is 19.1 Å². The van der Waals surface area contributed by atoms with Crippen molar-refractivity contribution in [3.05, 3.63) is 23.4 Å². The van der Waals surface area contributed by atoms with Crippen LogP contribution in [0.25, 0.3) is 0 Å². The van der Waals surface area contributed by atoms with Crippen molar-refractivity contribution in [2.75, 3.05) is 5.75 Å². The number of nitrogens with two attached hydrogens (primary N) is 1. The van der Waals surface area contributed by atoms with E-state index < -0.39 is 0 Å². The average molecular weight is 209 g/mol. The molecular weight excluding hydrogens is 194 g/mol. The maximum absolute atomic E-state index is 7.35. The van der Waals surface area contributed by atoms with Gasteiger partial charge in [0.1, 0.15) is 5.84 Å². The van der Waals surface area contributed by atoms with E-state index in [0.717, 1.165) is 28.5 Å². The highest BCUT2D eigenvalue weighted by Gasteiger charge is 2.02. The maximum atomic E-state index is 7.35. The Morgan fingerprint density at radius 1 is 1.57 bits per heavy atom. The van der Waals surface area contributed by atoms with Crippen molar-refractivity contribution in [3.8, 4) is 0 Å². The van der Waals surface area contributed by atoms with E-state index in [2.05, 4.69) is 11.9 Å². The number of nitrogens with zero attached hydrogens (tertiary/aromatic N) is 1. The first-order valence-corrected chi connectivity index (χ1v) is 5.58. The second-order valence-electron chi connectivity index (χ2n) is 3.10. The lowest BCUT2D eigenvalue weighted by molar-refractivity contribution is 1.04. The fraction of sp³-hybridized carbons (Fsp3) is 0.400. The molecule has 0 spiro atoms. The van der Waals surface area contributed by atoms with E-state index in [-0.39, 0.29) is 5.84 Å². The van der Waals surface area contributed by atoms with Crippen LogP contribution in [0.5, 0.6) is 0 Å². The topological polar surface area (TPSA) is 62.8 Å². The van der Waals surface area contributed by atoms with Gasteiger partial charge in [-0.1, -0.05) is 6.92 Å². The molecule has 0 bridgehead atoms. The van der Waals surface area contributed by atoms with Crippen molar-refractivity contribution in [1.29, 1.82) is 5.41 Å². The highest BCUT2D eigenvalue weighted by molar-refractivity contribution is 7.99. The Bertz CT molecular complexity index is 336. The van der Waals surface area contributed by atoms with Crippen LogP contribution in [0.2, 0.25) is 0 Å². The van der Waals surface area contributed by atoms with Crippen LogP contribution < -0.4 is 5.73 Å². The third-order valence-electron chi connectivity index (χ3n) is 1.69. The van der Waals surface area contributed by atoms with Gasteiger partial charge < -0.3 is 5.73 Å². The molecule has 0 saturated carbocycles. The van der Waals surface area contributed by atoms with Gasteiger partial charge in [0.15, 0.2) is 0 Å². The minimum Gasteiger partial charge on any atom is -0.384 e. The van der Waals surface area contributed by atoms with E-state index in [1.54, 1.807) is 11.8 Å². The molecule has 3 N–H and O–H groups in total. The van der Waals surface area contributed by atoms with Crippen molar-refractivity contribution in [2.45, 2.75) is 25.3 Å². The molecule has 0 aliphatic carbocycles. The van der Waals surface area contributed by atoms with Crippen LogP contribution in [0.3, 0.4) is 0 Å². The summed E-state index contributed by atoms with van der Waals surface area (Å²) in [4.78, 5) is 4.36. The van der Waals surface area contributed by atoms with Gasteiger partial charge in [-0.25, -0.2) is 4.98 Å². The smallest absolute Gasteiger partial charge is 0.122 e. The summed E-state index contributed by atoms with van der Waals surface area (Å²) < 4.78 is 0. The van der Waals surface area contributed by atoms with Gasteiger partial charge in [0.25, 0.3) is 0 Å². The normalized spacial score (nSPS) is 10.1. The number of hydrogen-bond donors (Lipinski definition) is 2. The van der Waals surface area contributed by atoms with Gasteiger partial charge in [-0.15, -0.1) is 11.8 Å². The van der Waals surface area contributed by atoms with E-state index in [0.29, 0.717) is 0 Å². The van der Waals surface area contributed by atoms with Crippen molar-refractivity contribution < 1.29 is 0 Å². The summed E-state index contributed by atoms with van der Waals surface area (Å²) in [5.74, 6) is 1.15. The maximum Gasteiger partial charge on any atom is 0.122 e. The van der Waals surface area contributed by atoms with Crippen molar-refractivity contribution in [1.82, 2.24) is 4.98 Å². The van der Waals surface area contributed by atoms with Gasteiger partial charge in [0.2, 0.25) is 0 Å². The molecule has 0 unspecified atom stereocenters. The Morgan fingerprint density at radius 3 is 2.86 bits per heavy atom. The minimum absolute atomic E-state index is 0.105. The predicted molar refractivity (Wildman–Crippen MR) is 61.0 cm³/mol. The summed E-state index contributed by atoms with van der Waals surface area (Å²) in [7, 11) is 0. The molecule has 76 valence electrons. The molecule has 0 fully saturated rings. The first-order valence-electron chi connectivity index (χ1n) is 4.59. The van der Waals surface area contributed by atoms with Crippen LogP contribution >= 0.6 is 11.8 Å². The number of pyridine rings is 1. The van der Waals surface area contributed by atoms with E-state index >= 15 is 0 Å². The van der Waals surface area contributed by atoms with E-state index in [4.69, 9.17) is 11.1 Å².